The van der Waals surface area contributed by atoms with E-state index < -0.39 is 5.54 Å². The summed E-state index contributed by atoms with van der Waals surface area (Å²) in [6, 6.07) is 6.52. The molecule has 0 radical (unpaired) electrons. The number of nitrogens with two attached hydrogens (primary N) is 1. The van der Waals surface area contributed by atoms with Gasteiger partial charge in [0.05, 0.1) is 5.54 Å². The maximum absolute atomic E-state index is 13.0. The van der Waals surface area contributed by atoms with E-state index in [1.807, 2.05) is 19.9 Å². The lowest BCUT2D eigenvalue weighted by Gasteiger charge is -2.26. The number of nitrogens with one attached hydrogen (secondary N) is 1. The van der Waals surface area contributed by atoms with E-state index in [9.17, 15) is 9.18 Å². The van der Waals surface area contributed by atoms with Gasteiger partial charge in [0.15, 0.2) is 0 Å². The highest BCUT2D eigenvalue weighted by Crippen LogP contribution is 2.22. The van der Waals surface area contributed by atoms with Crippen molar-refractivity contribution < 1.29 is 9.18 Å². The zero-order valence-corrected chi connectivity index (χ0v) is 12.2. The van der Waals surface area contributed by atoms with Crippen molar-refractivity contribution in [2.45, 2.75) is 37.1 Å². The van der Waals surface area contributed by atoms with Crippen LogP contribution in [-0.4, -0.2) is 23.7 Å². The largest absolute Gasteiger partial charge is 0.368 e. The van der Waals surface area contributed by atoms with Crippen LogP contribution in [0.1, 0.15) is 26.7 Å². The molecule has 0 spiro atoms. The molecular weight excluding hydrogens is 263 g/mol. The summed E-state index contributed by atoms with van der Waals surface area (Å²) in [5.74, 6) is 0.280. The van der Waals surface area contributed by atoms with Crippen molar-refractivity contribution in [2.24, 2.45) is 5.73 Å². The monoisotopic (exact) mass is 284 g/mol. The molecule has 106 valence electrons. The summed E-state index contributed by atoms with van der Waals surface area (Å²) in [6.45, 7) is 4.48. The van der Waals surface area contributed by atoms with E-state index in [4.69, 9.17) is 5.73 Å². The Morgan fingerprint density at radius 3 is 2.84 bits per heavy atom. The first-order valence-electron chi connectivity index (χ1n) is 6.41. The molecule has 5 heteroatoms. The van der Waals surface area contributed by atoms with Crippen LogP contribution in [0.4, 0.5) is 4.39 Å². The standard InChI is InChI=1S/C14H21FN2OS/c1-3-17-14(2,13(16)18)8-5-9-19-12-7-4-6-11(15)10-12/h4,6-7,10,17H,3,5,8-9H2,1-2H3,(H2,16,18). The summed E-state index contributed by atoms with van der Waals surface area (Å²) in [7, 11) is 0. The molecule has 3 N–H and O–H groups in total. The maximum Gasteiger partial charge on any atom is 0.237 e. The maximum atomic E-state index is 13.0. The zero-order chi connectivity index (χ0) is 14.3. The van der Waals surface area contributed by atoms with E-state index in [0.29, 0.717) is 13.0 Å². The van der Waals surface area contributed by atoms with Gasteiger partial charge in [0, 0.05) is 4.90 Å². The summed E-state index contributed by atoms with van der Waals surface area (Å²) in [5.41, 5.74) is 4.76. The lowest BCUT2D eigenvalue weighted by Crippen LogP contribution is -2.53. The molecule has 0 fully saturated rings. The Morgan fingerprint density at radius 1 is 1.53 bits per heavy atom. The van der Waals surface area contributed by atoms with Gasteiger partial charge in [-0.2, -0.15) is 0 Å². The molecule has 0 heterocycles. The molecule has 0 saturated carbocycles. The Kier molecular flexibility index (Phi) is 6.31. The normalized spacial score (nSPS) is 14.1. The van der Waals surface area contributed by atoms with Crippen LogP contribution in [-0.2, 0) is 4.79 Å². The van der Waals surface area contributed by atoms with Crippen molar-refractivity contribution in [2.75, 3.05) is 12.3 Å². The summed E-state index contributed by atoms with van der Waals surface area (Å²) in [4.78, 5) is 12.3. The molecule has 0 aliphatic heterocycles. The lowest BCUT2D eigenvalue weighted by atomic mass is 9.95. The summed E-state index contributed by atoms with van der Waals surface area (Å²) < 4.78 is 13.0. The molecule has 19 heavy (non-hydrogen) atoms. The second-order valence-corrected chi connectivity index (χ2v) is 5.80. The van der Waals surface area contributed by atoms with Crippen molar-refractivity contribution in [3.63, 3.8) is 0 Å². The highest BCUT2D eigenvalue weighted by atomic mass is 32.2. The average molecular weight is 284 g/mol. The predicted octanol–water partition coefficient (Wildman–Crippen LogP) is 2.55. The highest BCUT2D eigenvalue weighted by molar-refractivity contribution is 7.99. The number of carbonyl (C=O) groups excluding carboxylic acids is 1. The number of likely N-dealkylation sites (N-methyl/N-ethyl adjacent to an activating group) is 1. The Balaban J connectivity index is 2.39. The van der Waals surface area contributed by atoms with Gasteiger partial charge in [0.1, 0.15) is 5.82 Å². The average Bonchev–Trinajstić information content (AvgIpc) is 2.35. The topological polar surface area (TPSA) is 55.1 Å². The van der Waals surface area contributed by atoms with Crippen LogP contribution in [0, 0.1) is 5.82 Å². The lowest BCUT2D eigenvalue weighted by molar-refractivity contribution is -0.124. The molecule has 0 bridgehead atoms. The van der Waals surface area contributed by atoms with Crippen LogP contribution in [0.25, 0.3) is 0 Å². The fourth-order valence-corrected chi connectivity index (χ4v) is 2.76. The molecule has 0 aromatic heterocycles. The molecule has 0 aliphatic rings. The number of hydrogen-bond donors (Lipinski definition) is 2. The molecular formula is C14H21FN2OS. The molecule has 1 aromatic rings. The molecule has 1 rings (SSSR count). The minimum absolute atomic E-state index is 0.223. The van der Waals surface area contributed by atoms with Gasteiger partial charge in [0.25, 0.3) is 0 Å². The van der Waals surface area contributed by atoms with Gasteiger partial charge in [-0.25, -0.2) is 4.39 Å². The Hall–Kier alpha value is -1.07. The van der Waals surface area contributed by atoms with E-state index >= 15 is 0 Å². The van der Waals surface area contributed by atoms with Gasteiger partial charge >= 0.3 is 0 Å². The van der Waals surface area contributed by atoms with Gasteiger partial charge in [-0.05, 0) is 50.3 Å². The predicted molar refractivity (Wildman–Crippen MR) is 77.6 cm³/mol. The molecule has 1 atom stereocenters. The third-order valence-corrected chi connectivity index (χ3v) is 4.08. The van der Waals surface area contributed by atoms with Crippen LogP contribution >= 0.6 is 11.8 Å². The molecule has 3 nitrogen and oxygen atoms in total. The van der Waals surface area contributed by atoms with Crippen LogP contribution in [0.3, 0.4) is 0 Å². The number of benzene rings is 1. The Bertz CT molecular complexity index is 428. The molecule has 1 aromatic carbocycles. The molecule has 1 unspecified atom stereocenters. The van der Waals surface area contributed by atoms with Crippen LogP contribution in [0.2, 0.25) is 0 Å². The summed E-state index contributed by atoms with van der Waals surface area (Å²) in [6.07, 6.45) is 1.52. The Labute approximate surface area is 118 Å². The number of primary amides is 1. The number of hydrogen-bond acceptors (Lipinski definition) is 3. The summed E-state index contributed by atoms with van der Waals surface area (Å²) >= 11 is 1.59. The second-order valence-electron chi connectivity index (χ2n) is 4.64. The number of carbonyl (C=O) groups is 1. The van der Waals surface area contributed by atoms with Crippen LogP contribution in [0.5, 0.6) is 0 Å². The van der Waals surface area contributed by atoms with Gasteiger partial charge in [-0.3, -0.25) is 4.79 Å². The highest BCUT2D eigenvalue weighted by Gasteiger charge is 2.28. The van der Waals surface area contributed by atoms with Crippen molar-refractivity contribution in [3.8, 4) is 0 Å². The fraction of sp³-hybridized carbons (Fsp3) is 0.500. The van der Waals surface area contributed by atoms with E-state index in [1.165, 1.54) is 12.1 Å². The number of halogens is 1. The first kappa shape index (κ1) is 16.0. The minimum atomic E-state index is -0.656. The smallest absolute Gasteiger partial charge is 0.237 e. The third kappa shape index (κ3) is 5.20. The Morgan fingerprint density at radius 2 is 2.26 bits per heavy atom. The van der Waals surface area contributed by atoms with Crippen molar-refractivity contribution in [3.05, 3.63) is 30.1 Å². The van der Waals surface area contributed by atoms with Crippen molar-refractivity contribution in [1.29, 1.82) is 0 Å². The summed E-state index contributed by atoms with van der Waals surface area (Å²) in [5, 5.41) is 3.12. The van der Waals surface area contributed by atoms with Gasteiger partial charge in [0.2, 0.25) is 5.91 Å². The zero-order valence-electron chi connectivity index (χ0n) is 11.4. The van der Waals surface area contributed by atoms with Crippen molar-refractivity contribution >= 4 is 17.7 Å². The number of amides is 1. The SMILES string of the molecule is CCNC(C)(CCCSc1cccc(F)c1)C(N)=O. The van der Waals surface area contributed by atoms with Crippen LogP contribution in [0.15, 0.2) is 29.2 Å². The quantitative estimate of drug-likeness (QED) is 0.570. The van der Waals surface area contributed by atoms with E-state index in [0.717, 1.165) is 17.1 Å². The first-order valence-corrected chi connectivity index (χ1v) is 7.40. The van der Waals surface area contributed by atoms with Gasteiger partial charge < -0.3 is 11.1 Å². The first-order chi connectivity index (χ1) is 8.98. The van der Waals surface area contributed by atoms with E-state index in [-0.39, 0.29) is 11.7 Å². The third-order valence-electron chi connectivity index (χ3n) is 3.00. The van der Waals surface area contributed by atoms with Crippen LogP contribution < -0.4 is 11.1 Å². The van der Waals surface area contributed by atoms with Gasteiger partial charge in [-0.1, -0.05) is 13.0 Å². The van der Waals surface area contributed by atoms with Crippen molar-refractivity contribution in [1.82, 2.24) is 5.32 Å². The second kappa shape index (κ2) is 7.50. The molecule has 0 aliphatic carbocycles. The minimum Gasteiger partial charge on any atom is -0.368 e. The molecule has 1 amide bonds. The van der Waals surface area contributed by atoms with Gasteiger partial charge in [-0.15, -0.1) is 11.8 Å². The molecule has 0 saturated heterocycles. The van der Waals surface area contributed by atoms with E-state index in [2.05, 4.69) is 5.32 Å². The number of rotatable bonds is 8. The number of thioether (sulfide) groups is 1. The fourth-order valence-electron chi connectivity index (χ4n) is 1.86. The van der Waals surface area contributed by atoms with E-state index in [1.54, 1.807) is 17.8 Å².